The predicted octanol–water partition coefficient (Wildman–Crippen LogP) is 17.0. The van der Waals surface area contributed by atoms with Crippen LogP contribution in [0.5, 0.6) is 5.75 Å². The van der Waals surface area contributed by atoms with E-state index in [2.05, 4.69) is 191 Å². The van der Waals surface area contributed by atoms with Gasteiger partial charge in [-0.05, 0) is 97.2 Å². The van der Waals surface area contributed by atoms with Crippen molar-refractivity contribution in [3.05, 3.63) is 167 Å². The average molecular weight is 1080 g/mol. The van der Waals surface area contributed by atoms with Gasteiger partial charge in [-0.2, -0.15) is 0 Å². The van der Waals surface area contributed by atoms with E-state index >= 15 is 0 Å². The minimum atomic E-state index is -1.49. The van der Waals surface area contributed by atoms with Gasteiger partial charge in [0, 0.05) is 46.8 Å². The Morgan fingerprint density at radius 2 is 1.16 bits per heavy atom. The third kappa shape index (κ3) is 10.5. The molecule has 2 aromatic heterocycles. The van der Waals surface area contributed by atoms with Gasteiger partial charge in [-0.15, -0.1) is 29.3 Å². The number of benzene rings is 6. The molecule has 0 atom stereocenters. The average Bonchev–Trinajstić information content (AvgIpc) is 3.67. The van der Waals surface area contributed by atoms with Crippen LogP contribution < -0.4 is 0 Å². The summed E-state index contributed by atoms with van der Waals surface area (Å²) >= 11 is 0. The van der Waals surface area contributed by atoms with E-state index in [1.807, 2.05) is 57.3 Å². The van der Waals surface area contributed by atoms with Crippen molar-refractivity contribution in [3.63, 3.8) is 0 Å². The molecule has 0 spiro atoms. The Kier molecular flexibility index (Phi) is 12.8. The molecule has 0 unspecified atom stereocenters. The van der Waals surface area contributed by atoms with Crippen LogP contribution in [0.15, 0.2) is 134 Å². The summed E-state index contributed by atoms with van der Waals surface area (Å²) < 4.78 is 19.9. The Hall–Kier alpha value is -5.57. The normalized spacial score (nSPS) is 13.3. The SMILES string of the molecule is [2H]C([2H])(c1ccc(-c2ccnc(-c3[c-]c(-c4cccc5c4nc(-c4cc(C(C)(C)C)cc(C(C)(C)C)c4O)n5-c4ccc(C(C)(C)C)cc4-c4ccccc4)cc(C(C)(C)C)c3)c2)cc1)C(C)(C)C.[Pt]. The van der Waals surface area contributed by atoms with Gasteiger partial charge in [-0.1, -0.05) is 200 Å². The molecule has 5 heteroatoms. The molecule has 0 aliphatic carbocycles. The predicted molar refractivity (Wildman–Crippen MR) is 285 cm³/mol. The molecule has 0 radical (unpaired) electrons. The van der Waals surface area contributed by atoms with Crippen molar-refractivity contribution in [2.45, 2.75) is 132 Å². The van der Waals surface area contributed by atoms with Crippen molar-refractivity contribution in [1.82, 2.24) is 14.5 Å². The molecule has 0 aliphatic rings. The Balaban J connectivity index is 0.00000722. The first-order valence-electron chi connectivity index (χ1n) is 24.8. The molecular formula is C63H70N3OPt-. The van der Waals surface area contributed by atoms with Gasteiger partial charge in [0.25, 0.3) is 0 Å². The van der Waals surface area contributed by atoms with Crippen molar-refractivity contribution in [3.8, 4) is 67.5 Å². The van der Waals surface area contributed by atoms with Gasteiger partial charge in [0.2, 0.25) is 0 Å². The maximum absolute atomic E-state index is 12.6. The van der Waals surface area contributed by atoms with Crippen LogP contribution in [0.1, 0.15) is 134 Å². The van der Waals surface area contributed by atoms with Crippen LogP contribution in [0.2, 0.25) is 0 Å². The molecule has 354 valence electrons. The Labute approximate surface area is 424 Å². The zero-order chi connectivity index (χ0) is 50.2. The van der Waals surface area contributed by atoms with Crippen LogP contribution in [0.25, 0.3) is 72.7 Å². The van der Waals surface area contributed by atoms with E-state index in [0.717, 1.165) is 78.0 Å². The van der Waals surface area contributed by atoms with Crippen molar-refractivity contribution >= 4 is 11.0 Å². The summed E-state index contributed by atoms with van der Waals surface area (Å²) in [5, 5.41) is 12.6. The maximum Gasteiger partial charge on any atom is 0.148 e. The largest absolute Gasteiger partial charge is 0.507 e. The van der Waals surface area contributed by atoms with E-state index in [4.69, 9.17) is 12.7 Å². The van der Waals surface area contributed by atoms with Gasteiger partial charge in [-0.3, -0.25) is 9.55 Å². The van der Waals surface area contributed by atoms with E-state index in [-0.39, 0.29) is 48.5 Å². The fraction of sp³-hybridized carbons (Fsp3) is 0.333. The Bertz CT molecular complexity index is 3200. The quantitative estimate of drug-likeness (QED) is 0.162. The second-order valence-corrected chi connectivity index (χ2v) is 23.5. The molecule has 0 saturated heterocycles. The van der Waals surface area contributed by atoms with Crippen LogP contribution in [-0.4, -0.2) is 19.6 Å². The number of hydrogen-bond donors (Lipinski definition) is 1. The number of aromatic hydroxyl groups is 1. The first kappa shape index (κ1) is 47.5. The minimum Gasteiger partial charge on any atom is -0.507 e. The van der Waals surface area contributed by atoms with Crippen molar-refractivity contribution < 1.29 is 28.9 Å². The molecule has 0 saturated carbocycles. The molecule has 0 bridgehead atoms. The fourth-order valence-corrected chi connectivity index (χ4v) is 8.82. The van der Waals surface area contributed by atoms with Gasteiger partial charge in [0.05, 0.1) is 22.3 Å². The van der Waals surface area contributed by atoms with Gasteiger partial charge < -0.3 is 5.11 Å². The first-order valence-corrected chi connectivity index (χ1v) is 23.8. The molecular weight excluding hydrogens is 1010 g/mol. The molecule has 6 aromatic carbocycles. The molecule has 68 heavy (non-hydrogen) atoms. The van der Waals surface area contributed by atoms with E-state index < -0.39 is 11.8 Å². The first-order chi connectivity index (χ1) is 32.0. The Morgan fingerprint density at radius 1 is 0.544 bits per heavy atom. The fourth-order valence-electron chi connectivity index (χ4n) is 8.82. The second-order valence-electron chi connectivity index (χ2n) is 23.5. The molecule has 0 amide bonds. The van der Waals surface area contributed by atoms with E-state index in [9.17, 15) is 5.11 Å². The number of imidazole rings is 1. The number of phenols is 1. The van der Waals surface area contributed by atoms with Gasteiger partial charge in [-0.25, -0.2) is 4.98 Å². The van der Waals surface area contributed by atoms with Crippen molar-refractivity contribution in [2.24, 2.45) is 5.41 Å². The van der Waals surface area contributed by atoms with Crippen molar-refractivity contribution in [1.29, 1.82) is 0 Å². The monoisotopic (exact) mass is 1080 g/mol. The molecule has 8 aromatic rings. The smallest absolute Gasteiger partial charge is 0.148 e. The van der Waals surface area contributed by atoms with E-state index in [1.54, 1.807) is 0 Å². The topological polar surface area (TPSA) is 50.9 Å². The van der Waals surface area contributed by atoms with Crippen LogP contribution in [0.3, 0.4) is 0 Å². The number of pyridine rings is 1. The summed E-state index contributed by atoms with van der Waals surface area (Å²) in [7, 11) is 0. The van der Waals surface area contributed by atoms with Gasteiger partial charge in [0.15, 0.2) is 0 Å². The second kappa shape index (κ2) is 18.4. The van der Waals surface area contributed by atoms with Crippen LogP contribution in [-0.2, 0) is 49.1 Å². The number of aromatic nitrogens is 3. The number of nitrogens with zero attached hydrogens (tertiary/aromatic N) is 3. The molecule has 4 nitrogen and oxygen atoms in total. The summed E-state index contributed by atoms with van der Waals surface area (Å²) in [6.07, 6.45) is 0.360. The maximum atomic E-state index is 12.6. The summed E-state index contributed by atoms with van der Waals surface area (Å²) in [6, 6.07) is 48.3. The van der Waals surface area contributed by atoms with Crippen LogP contribution in [0, 0.1) is 11.5 Å². The third-order valence-electron chi connectivity index (χ3n) is 12.7. The molecule has 2 heterocycles. The standard InChI is InChI=1S/C63H70N3O.Pt/c1-59(2,3)39-40-24-26-41(27-25-40)43-30-31-64-53(35-43)45-32-44(33-47(34-45)61(7,8)9)49-22-19-23-55-56(49)65-58(51-37-48(62(10,11)12)38-52(57(51)67)63(13,14)15)66(55)54-29-28-46(60(4,5)6)36-50(54)42-20-17-16-18-21-42;/h16-31,33-38,67H,39H2,1-15H3;/q-1;/i39D2;. The van der Waals surface area contributed by atoms with Crippen LogP contribution >= 0.6 is 0 Å². The van der Waals surface area contributed by atoms with Gasteiger partial charge >= 0.3 is 0 Å². The number of rotatable bonds is 7. The summed E-state index contributed by atoms with van der Waals surface area (Å²) in [5.74, 6) is 0.897. The summed E-state index contributed by atoms with van der Waals surface area (Å²) in [6.45, 7) is 32.4. The Morgan fingerprint density at radius 3 is 1.78 bits per heavy atom. The zero-order valence-corrected chi connectivity index (χ0v) is 45.1. The van der Waals surface area contributed by atoms with Crippen molar-refractivity contribution in [2.75, 3.05) is 0 Å². The summed E-state index contributed by atoms with van der Waals surface area (Å²) in [4.78, 5) is 10.6. The number of phenolic OH excluding ortho intramolecular Hbond substituents is 1. The zero-order valence-electron chi connectivity index (χ0n) is 44.8. The molecule has 8 rings (SSSR count). The van der Waals surface area contributed by atoms with E-state index in [1.165, 1.54) is 5.56 Å². The summed E-state index contributed by atoms with van der Waals surface area (Å²) in [5.41, 5.74) is 14.6. The third-order valence-corrected chi connectivity index (χ3v) is 12.7. The van der Waals surface area contributed by atoms with E-state index in [0.29, 0.717) is 17.0 Å². The number of fused-ring (bicyclic) bond motifs is 1. The number of para-hydroxylation sites is 1. The van der Waals surface area contributed by atoms with Gasteiger partial charge in [0.1, 0.15) is 11.6 Å². The molecule has 0 aliphatic heterocycles. The molecule has 1 N–H and O–H groups in total. The molecule has 0 fully saturated rings. The minimum absolute atomic E-state index is 0. The van der Waals surface area contributed by atoms with Crippen LogP contribution in [0.4, 0.5) is 0 Å². The number of hydrogen-bond acceptors (Lipinski definition) is 3.